The Kier molecular flexibility index (Phi) is 7.28. The highest BCUT2D eigenvalue weighted by Gasteiger charge is 2.31. The third-order valence-electron chi connectivity index (χ3n) is 4.02. The van der Waals surface area contributed by atoms with Gasteiger partial charge in [-0.25, -0.2) is 18.0 Å². The molecule has 0 heterocycles. The molecule has 31 heavy (non-hydrogen) atoms. The number of esters is 2. The van der Waals surface area contributed by atoms with Gasteiger partial charge in [0.1, 0.15) is 5.75 Å². The number of nitrogens with zero attached hydrogens (tertiary/aromatic N) is 1. The van der Waals surface area contributed by atoms with Crippen molar-refractivity contribution in [2.24, 2.45) is 0 Å². The summed E-state index contributed by atoms with van der Waals surface area (Å²) in [7, 11) is -0.770. The Hall–Kier alpha value is -3.12. The minimum Gasteiger partial charge on any atom is -0.465 e. The van der Waals surface area contributed by atoms with Crippen molar-refractivity contribution in [2.45, 2.75) is 17.8 Å². The van der Waals surface area contributed by atoms with Crippen LogP contribution in [0.2, 0.25) is 0 Å². The number of halogens is 3. The highest BCUT2D eigenvalue weighted by atomic mass is 32.2. The molecule has 0 amide bonds. The molecule has 0 saturated carbocycles. The number of rotatable bonds is 7. The van der Waals surface area contributed by atoms with Gasteiger partial charge in [0.15, 0.2) is 0 Å². The average molecular weight is 461 g/mol. The Morgan fingerprint density at radius 3 is 1.84 bits per heavy atom. The van der Waals surface area contributed by atoms with Crippen LogP contribution in [0.15, 0.2) is 47.4 Å². The highest BCUT2D eigenvalue weighted by Crippen LogP contribution is 2.25. The first-order valence-corrected chi connectivity index (χ1v) is 9.94. The summed E-state index contributed by atoms with van der Waals surface area (Å²) in [6.07, 6.45) is -4.84. The number of hydrogen-bond donors (Lipinski definition) is 0. The van der Waals surface area contributed by atoms with E-state index >= 15 is 0 Å². The molecular formula is C19H18F3NO7S. The second kappa shape index (κ2) is 9.35. The molecule has 2 aromatic rings. The number of ether oxygens (including phenoxy) is 3. The number of methoxy groups -OCH3 is 2. The van der Waals surface area contributed by atoms with Crippen LogP contribution in [0.3, 0.4) is 0 Å². The first-order valence-electron chi connectivity index (χ1n) is 8.50. The van der Waals surface area contributed by atoms with E-state index < -0.39 is 34.1 Å². The molecule has 0 aliphatic carbocycles. The van der Waals surface area contributed by atoms with E-state index in [9.17, 15) is 31.2 Å². The zero-order valence-corrected chi connectivity index (χ0v) is 17.4. The lowest BCUT2D eigenvalue weighted by Gasteiger charge is -2.18. The summed E-state index contributed by atoms with van der Waals surface area (Å²) >= 11 is 0. The van der Waals surface area contributed by atoms with E-state index in [-0.39, 0.29) is 22.6 Å². The predicted octanol–water partition coefficient (Wildman–Crippen LogP) is 2.98. The molecule has 0 unspecified atom stereocenters. The van der Waals surface area contributed by atoms with Gasteiger partial charge in [-0.3, -0.25) is 0 Å². The molecule has 2 rings (SSSR count). The monoisotopic (exact) mass is 461 g/mol. The Morgan fingerprint density at radius 1 is 0.935 bits per heavy atom. The van der Waals surface area contributed by atoms with Crippen molar-refractivity contribution in [1.82, 2.24) is 4.31 Å². The molecule has 8 nitrogen and oxygen atoms in total. The van der Waals surface area contributed by atoms with Crippen molar-refractivity contribution >= 4 is 22.0 Å². The van der Waals surface area contributed by atoms with Crippen molar-refractivity contribution in [3.05, 3.63) is 59.2 Å². The fraction of sp³-hybridized carbons (Fsp3) is 0.263. The summed E-state index contributed by atoms with van der Waals surface area (Å²) in [4.78, 5) is 23.4. The van der Waals surface area contributed by atoms with Crippen LogP contribution in [-0.4, -0.2) is 52.3 Å². The van der Waals surface area contributed by atoms with Crippen LogP contribution in [0.25, 0.3) is 0 Å². The number of carbonyl (C=O) groups is 2. The number of hydrogen-bond acceptors (Lipinski definition) is 7. The Morgan fingerprint density at radius 2 is 1.42 bits per heavy atom. The van der Waals surface area contributed by atoms with Crippen molar-refractivity contribution in [3.8, 4) is 5.75 Å². The van der Waals surface area contributed by atoms with Crippen LogP contribution < -0.4 is 4.74 Å². The quantitative estimate of drug-likeness (QED) is 0.585. The van der Waals surface area contributed by atoms with Crippen molar-refractivity contribution in [3.63, 3.8) is 0 Å². The highest BCUT2D eigenvalue weighted by molar-refractivity contribution is 7.89. The molecule has 0 aromatic heterocycles. The Balaban J connectivity index is 2.33. The Bertz CT molecular complexity index is 1030. The Labute approximate surface area is 176 Å². The van der Waals surface area contributed by atoms with Crippen LogP contribution in [0.4, 0.5) is 13.2 Å². The molecule has 0 saturated heterocycles. The second-order valence-electron chi connectivity index (χ2n) is 6.18. The fourth-order valence-corrected chi connectivity index (χ4v) is 3.77. The van der Waals surface area contributed by atoms with Gasteiger partial charge in [0.05, 0.1) is 30.2 Å². The molecule has 168 valence electrons. The zero-order valence-electron chi connectivity index (χ0n) is 16.6. The van der Waals surface area contributed by atoms with Gasteiger partial charge in [0.2, 0.25) is 10.0 Å². The van der Waals surface area contributed by atoms with E-state index in [1.807, 2.05) is 0 Å². The zero-order chi connectivity index (χ0) is 23.4. The van der Waals surface area contributed by atoms with Crippen molar-refractivity contribution in [1.29, 1.82) is 0 Å². The largest absolute Gasteiger partial charge is 0.573 e. The molecule has 12 heteroatoms. The number of carbonyl (C=O) groups excluding carboxylic acids is 2. The lowest BCUT2D eigenvalue weighted by atomic mass is 10.1. The van der Waals surface area contributed by atoms with Gasteiger partial charge in [0.25, 0.3) is 0 Å². The maximum absolute atomic E-state index is 13.0. The predicted molar refractivity (Wildman–Crippen MR) is 101 cm³/mol. The van der Waals surface area contributed by atoms with Crippen LogP contribution in [-0.2, 0) is 26.0 Å². The normalized spacial score (nSPS) is 11.8. The summed E-state index contributed by atoms with van der Waals surface area (Å²) in [5, 5.41) is 0. The fourth-order valence-electron chi connectivity index (χ4n) is 2.54. The molecule has 0 N–H and O–H groups in total. The number of alkyl halides is 3. The molecule has 0 bridgehead atoms. The molecular weight excluding hydrogens is 443 g/mol. The van der Waals surface area contributed by atoms with Crippen LogP contribution in [0, 0.1) is 0 Å². The second-order valence-corrected chi connectivity index (χ2v) is 8.23. The minimum absolute atomic E-state index is 0.175. The molecule has 0 fully saturated rings. The number of benzene rings is 2. The van der Waals surface area contributed by atoms with E-state index in [4.69, 9.17) is 0 Å². The maximum atomic E-state index is 13.0. The van der Waals surface area contributed by atoms with E-state index in [0.717, 1.165) is 48.9 Å². The molecule has 0 radical (unpaired) electrons. The summed E-state index contributed by atoms with van der Waals surface area (Å²) in [5.41, 5.74) is 0.0231. The van der Waals surface area contributed by atoms with Crippen LogP contribution >= 0.6 is 0 Å². The molecule has 0 aliphatic heterocycles. The molecule has 0 aliphatic rings. The van der Waals surface area contributed by atoms with E-state index in [1.54, 1.807) is 0 Å². The molecule has 0 atom stereocenters. The molecule has 0 spiro atoms. The standard InChI is InChI=1S/C19H18F3NO7S/c1-23(11-12-4-6-15(7-5-12)30-19(20,21)22)31(26,27)16-9-13(17(24)28-2)8-14(10-16)18(25)29-3/h4-10H,11H2,1-3H3. The van der Waals surface area contributed by atoms with E-state index in [1.165, 1.54) is 19.2 Å². The van der Waals surface area contributed by atoms with Crippen LogP contribution in [0.1, 0.15) is 26.3 Å². The topological polar surface area (TPSA) is 99.2 Å². The smallest absolute Gasteiger partial charge is 0.465 e. The maximum Gasteiger partial charge on any atom is 0.573 e. The average Bonchev–Trinajstić information content (AvgIpc) is 2.72. The van der Waals surface area contributed by atoms with Gasteiger partial charge in [0, 0.05) is 13.6 Å². The van der Waals surface area contributed by atoms with Gasteiger partial charge in [-0.2, -0.15) is 4.31 Å². The SMILES string of the molecule is COC(=O)c1cc(C(=O)OC)cc(S(=O)(=O)N(C)Cc2ccc(OC(F)(F)F)cc2)c1. The third-order valence-corrected chi connectivity index (χ3v) is 5.80. The summed E-state index contributed by atoms with van der Waals surface area (Å²) < 4.78 is 76.5. The lowest BCUT2D eigenvalue weighted by molar-refractivity contribution is -0.274. The lowest BCUT2D eigenvalue weighted by Crippen LogP contribution is -2.27. The third kappa shape index (κ3) is 6.18. The van der Waals surface area contributed by atoms with Gasteiger partial charge in [-0.15, -0.1) is 13.2 Å². The van der Waals surface area contributed by atoms with Gasteiger partial charge >= 0.3 is 18.3 Å². The molecule has 2 aromatic carbocycles. The van der Waals surface area contributed by atoms with Gasteiger partial charge < -0.3 is 14.2 Å². The van der Waals surface area contributed by atoms with E-state index in [0.29, 0.717) is 5.56 Å². The first kappa shape index (κ1) is 24.2. The summed E-state index contributed by atoms with van der Waals surface area (Å²) in [6.45, 7) is -0.204. The van der Waals surface area contributed by atoms with Gasteiger partial charge in [-0.1, -0.05) is 12.1 Å². The minimum atomic E-state index is -4.84. The van der Waals surface area contributed by atoms with Crippen molar-refractivity contribution < 1.29 is 45.4 Å². The number of sulfonamides is 1. The first-order chi connectivity index (χ1) is 14.4. The summed E-state index contributed by atoms with van der Waals surface area (Å²) in [5.74, 6) is -2.16. The van der Waals surface area contributed by atoms with Gasteiger partial charge in [-0.05, 0) is 35.9 Å². The van der Waals surface area contributed by atoms with Crippen molar-refractivity contribution in [2.75, 3.05) is 21.3 Å². The van der Waals surface area contributed by atoms with E-state index in [2.05, 4.69) is 14.2 Å². The summed E-state index contributed by atoms with van der Waals surface area (Å²) in [6, 6.07) is 7.88. The van der Waals surface area contributed by atoms with Crippen LogP contribution in [0.5, 0.6) is 5.75 Å².